The van der Waals surface area contributed by atoms with E-state index in [0.717, 1.165) is 42.3 Å². The molecule has 2 radical (unpaired) electrons. The molecule has 0 fully saturated rings. The van der Waals surface area contributed by atoms with E-state index in [4.69, 9.17) is 18.6 Å². The third-order valence-corrected chi connectivity index (χ3v) is 7.30. The van der Waals surface area contributed by atoms with Crippen molar-refractivity contribution in [3.63, 3.8) is 0 Å². The molecule has 1 atom stereocenters. The van der Waals surface area contributed by atoms with Crippen LogP contribution < -0.4 is 19.4 Å². The summed E-state index contributed by atoms with van der Waals surface area (Å²) in [6, 6.07) is 2.18. The summed E-state index contributed by atoms with van der Waals surface area (Å²) in [7, 11) is -0.0120. The van der Waals surface area contributed by atoms with E-state index < -0.39 is 17.8 Å². The summed E-state index contributed by atoms with van der Waals surface area (Å²) in [5.41, 5.74) is 2.32. The average Bonchev–Trinajstić information content (AvgIpc) is 3.01. The number of hydrogen-bond acceptors (Lipinski definition) is 4. The molecule has 1 unspecified atom stereocenters. The van der Waals surface area contributed by atoms with Gasteiger partial charge in [0, 0.05) is 16.6 Å². The topological polar surface area (TPSA) is 36.9 Å². The predicted molar refractivity (Wildman–Crippen MR) is 135 cm³/mol. The van der Waals surface area contributed by atoms with Crippen molar-refractivity contribution in [2.24, 2.45) is 5.41 Å². The Bertz CT molecular complexity index is 792. The minimum absolute atomic E-state index is 0.0211. The summed E-state index contributed by atoms with van der Waals surface area (Å²) >= 11 is 0. The number of benzene rings is 1. The van der Waals surface area contributed by atoms with Crippen LogP contribution in [0, 0.1) is 5.41 Å². The molecule has 1 aliphatic rings. The third-order valence-electron chi connectivity index (χ3n) is 5.22. The standard InChI is InChI=1S/C25H42O4Si2/c1-12-13-14-17-20(24(25(4,5)6)29-31(10)11)21-19(30(8)9)15-18(26-7)22(23(21)28-17)27-16(2)3/h15-17H,12-14H2,1-11H3. The molecule has 1 aromatic rings. The van der Waals surface area contributed by atoms with Crippen molar-refractivity contribution in [2.75, 3.05) is 7.11 Å². The van der Waals surface area contributed by atoms with Crippen molar-refractivity contribution in [3.05, 3.63) is 17.4 Å². The molecule has 1 heterocycles. The van der Waals surface area contributed by atoms with Crippen LogP contribution in [0.2, 0.25) is 26.2 Å². The molecule has 0 spiro atoms. The Morgan fingerprint density at radius 1 is 1.16 bits per heavy atom. The van der Waals surface area contributed by atoms with Gasteiger partial charge < -0.3 is 18.6 Å². The van der Waals surface area contributed by atoms with Gasteiger partial charge in [-0.05, 0) is 51.0 Å². The molecule has 4 nitrogen and oxygen atoms in total. The van der Waals surface area contributed by atoms with E-state index in [9.17, 15) is 0 Å². The molecule has 1 aromatic carbocycles. The molecule has 2 rings (SSSR count). The number of ether oxygens (including phenoxy) is 3. The summed E-state index contributed by atoms with van der Waals surface area (Å²) in [6.07, 6.45) is 3.22. The molecule has 1 aliphatic heterocycles. The van der Waals surface area contributed by atoms with Crippen molar-refractivity contribution in [1.82, 2.24) is 0 Å². The average molecular weight is 463 g/mol. The minimum Gasteiger partial charge on any atom is -0.545 e. The quantitative estimate of drug-likeness (QED) is 0.313. The Kier molecular flexibility index (Phi) is 8.73. The maximum Gasteiger partial charge on any atom is 0.273 e. The van der Waals surface area contributed by atoms with Gasteiger partial charge in [-0.25, -0.2) is 0 Å². The van der Waals surface area contributed by atoms with Gasteiger partial charge >= 0.3 is 0 Å². The predicted octanol–water partition coefficient (Wildman–Crippen LogP) is 6.42. The highest BCUT2D eigenvalue weighted by molar-refractivity contribution is 6.71. The molecule has 31 heavy (non-hydrogen) atoms. The molecule has 0 N–H and O–H groups in total. The van der Waals surface area contributed by atoms with Crippen molar-refractivity contribution in [1.29, 1.82) is 0 Å². The summed E-state index contributed by atoms with van der Waals surface area (Å²) in [5.74, 6) is 3.41. The second kappa shape index (κ2) is 10.5. The summed E-state index contributed by atoms with van der Waals surface area (Å²) < 4.78 is 25.4. The molecule has 174 valence electrons. The molecule has 0 saturated heterocycles. The first-order valence-electron chi connectivity index (χ1n) is 11.5. The summed E-state index contributed by atoms with van der Waals surface area (Å²) in [6.45, 7) is 22.1. The summed E-state index contributed by atoms with van der Waals surface area (Å²) in [4.78, 5) is 0. The lowest BCUT2D eigenvalue weighted by molar-refractivity contribution is 0.199. The first-order valence-corrected chi connectivity index (χ1v) is 16.4. The first-order chi connectivity index (χ1) is 14.4. The van der Waals surface area contributed by atoms with Gasteiger partial charge in [0.1, 0.15) is 6.10 Å². The molecular weight excluding hydrogens is 420 g/mol. The zero-order valence-electron chi connectivity index (χ0n) is 21.5. The number of methoxy groups -OCH3 is 1. The van der Waals surface area contributed by atoms with Gasteiger partial charge in [0.05, 0.1) is 27.8 Å². The van der Waals surface area contributed by atoms with Crippen molar-refractivity contribution in [3.8, 4) is 17.2 Å². The molecule has 0 amide bonds. The second-order valence-corrected chi connectivity index (χ2v) is 14.6. The van der Waals surface area contributed by atoms with E-state index in [1.54, 1.807) is 7.11 Å². The van der Waals surface area contributed by atoms with Crippen LogP contribution in [0.4, 0.5) is 0 Å². The van der Waals surface area contributed by atoms with Crippen LogP contribution in [0.1, 0.15) is 66.4 Å². The highest BCUT2D eigenvalue weighted by Crippen LogP contribution is 2.52. The minimum atomic E-state index is -0.932. The lowest BCUT2D eigenvalue weighted by Gasteiger charge is -2.30. The van der Waals surface area contributed by atoms with E-state index in [1.165, 1.54) is 16.3 Å². The normalized spacial score (nSPS) is 17.8. The van der Waals surface area contributed by atoms with E-state index >= 15 is 0 Å². The maximum absolute atomic E-state index is 6.73. The van der Waals surface area contributed by atoms with Gasteiger partial charge in [-0.15, -0.1) is 0 Å². The molecule has 0 bridgehead atoms. The molecule has 0 saturated carbocycles. The molecule has 0 aliphatic carbocycles. The highest BCUT2D eigenvalue weighted by Gasteiger charge is 2.41. The van der Waals surface area contributed by atoms with Gasteiger partial charge in [-0.3, -0.25) is 0 Å². The highest BCUT2D eigenvalue weighted by atomic mass is 28.3. The van der Waals surface area contributed by atoms with Gasteiger partial charge in [0.2, 0.25) is 5.75 Å². The van der Waals surface area contributed by atoms with E-state index in [-0.39, 0.29) is 17.6 Å². The van der Waals surface area contributed by atoms with Crippen LogP contribution in [-0.2, 0) is 4.43 Å². The Morgan fingerprint density at radius 3 is 2.26 bits per heavy atom. The van der Waals surface area contributed by atoms with Gasteiger partial charge in [-0.2, -0.15) is 0 Å². The fourth-order valence-corrected chi connectivity index (χ4v) is 5.91. The van der Waals surface area contributed by atoms with Gasteiger partial charge in [0.15, 0.2) is 11.5 Å². The lowest BCUT2D eigenvalue weighted by Crippen LogP contribution is -2.29. The van der Waals surface area contributed by atoms with Crippen LogP contribution in [0.3, 0.4) is 0 Å². The number of rotatable bonds is 9. The van der Waals surface area contributed by atoms with Crippen molar-refractivity contribution >= 4 is 28.6 Å². The Hall–Kier alpha value is -1.41. The largest absolute Gasteiger partial charge is 0.545 e. The zero-order valence-corrected chi connectivity index (χ0v) is 23.5. The van der Waals surface area contributed by atoms with Crippen molar-refractivity contribution in [2.45, 2.75) is 99.2 Å². The van der Waals surface area contributed by atoms with Crippen molar-refractivity contribution < 1.29 is 18.6 Å². The zero-order chi connectivity index (χ0) is 23.5. The van der Waals surface area contributed by atoms with Gasteiger partial charge in [0.25, 0.3) is 9.04 Å². The van der Waals surface area contributed by atoms with Gasteiger partial charge in [-0.1, -0.05) is 47.2 Å². The van der Waals surface area contributed by atoms with Crippen LogP contribution in [-0.4, -0.2) is 37.2 Å². The number of hydrogen-bond donors (Lipinski definition) is 0. The van der Waals surface area contributed by atoms with Crippen LogP contribution in [0.5, 0.6) is 17.2 Å². The van der Waals surface area contributed by atoms with E-state index in [0.29, 0.717) is 0 Å². The van der Waals surface area contributed by atoms with E-state index in [2.05, 4.69) is 59.9 Å². The molecular formula is C25H42O4Si2. The Balaban J connectivity index is 2.92. The number of unbranched alkanes of at least 4 members (excludes halogenated alkanes) is 1. The monoisotopic (exact) mass is 462 g/mol. The van der Waals surface area contributed by atoms with Crippen LogP contribution >= 0.6 is 0 Å². The summed E-state index contributed by atoms with van der Waals surface area (Å²) in [5, 5.41) is 1.33. The maximum atomic E-state index is 6.73. The number of allylic oxidation sites excluding steroid dienone is 1. The fourth-order valence-electron chi connectivity index (χ4n) is 3.92. The second-order valence-electron chi connectivity index (χ2n) is 10.1. The van der Waals surface area contributed by atoms with Crippen LogP contribution in [0.25, 0.3) is 5.57 Å². The molecule has 6 heteroatoms. The number of fused-ring (bicyclic) bond motifs is 1. The first kappa shape index (κ1) is 25.9. The smallest absolute Gasteiger partial charge is 0.273 e. The fraction of sp³-hybridized carbons (Fsp3) is 0.680. The lowest BCUT2D eigenvalue weighted by atomic mass is 9.86. The third kappa shape index (κ3) is 5.89. The SMILES string of the molecule is CCCCC1Oc2c(OC(C)C)c(OC)cc([Si](C)C)c2C1=C(O[Si](C)C)C(C)(C)C. The Labute approximate surface area is 193 Å². The van der Waals surface area contributed by atoms with E-state index in [1.807, 2.05) is 13.8 Å². The molecule has 0 aromatic heterocycles. The van der Waals surface area contributed by atoms with Crippen LogP contribution in [0.15, 0.2) is 11.8 Å². The Morgan fingerprint density at radius 2 is 1.81 bits per heavy atom.